The molecule has 0 aromatic heterocycles. The van der Waals surface area contributed by atoms with E-state index in [-0.39, 0.29) is 40.2 Å². The minimum atomic E-state index is -4.59. The van der Waals surface area contributed by atoms with E-state index in [1.165, 1.54) is 6.07 Å². The van der Waals surface area contributed by atoms with Crippen LogP contribution in [0.5, 0.6) is 11.5 Å². The average molecular weight is 356 g/mol. The van der Waals surface area contributed by atoms with Crippen LogP contribution in [0.15, 0.2) is 53.4 Å². The van der Waals surface area contributed by atoms with Crippen molar-refractivity contribution in [3.63, 3.8) is 0 Å². The van der Waals surface area contributed by atoms with Crippen molar-refractivity contribution >= 4 is 10.1 Å². The molecule has 0 radical (unpaired) electrons. The fraction of sp³-hybridized carbons (Fsp3) is 0.333. The molecule has 0 N–H and O–H groups in total. The number of rotatable bonds is 8. The number of ether oxygens (including phenoxy) is 1. The smallest absolute Gasteiger partial charge is 0.744 e. The summed E-state index contributed by atoms with van der Waals surface area (Å²) in [6.07, 6.45) is 5.13. The first-order chi connectivity index (χ1) is 11.0. The molecular weight excluding hydrogens is 335 g/mol. The summed E-state index contributed by atoms with van der Waals surface area (Å²) in [5.74, 6) is 0.566. The largest absolute Gasteiger partial charge is 1.00 e. The van der Waals surface area contributed by atoms with Gasteiger partial charge in [0, 0.05) is 0 Å². The van der Waals surface area contributed by atoms with Crippen LogP contribution in [0.4, 0.5) is 0 Å². The predicted octanol–water partition coefficient (Wildman–Crippen LogP) is 1.51. The van der Waals surface area contributed by atoms with Gasteiger partial charge < -0.3 is 9.29 Å². The molecule has 2 aromatic carbocycles. The van der Waals surface area contributed by atoms with E-state index in [1.54, 1.807) is 30.3 Å². The first-order valence-corrected chi connectivity index (χ1v) is 9.23. The zero-order valence-electron chi connectivity index (χ0n) is 14.2. The van der Waals surface area contributed by atoms with Crippen molar-refractivity contribution < 1.29 is 47.3 Å². The van der Waals surface area contributed by atoms with Crippen LogP contribution in [-0.2, 0) is 16.5 Å². The van der Waals surface area contributed by atoms with E-state index in [9.17, 15) is 13.0 Å². The molecule has 0 bridgehead atoms. The van der Waals surface area contributed by atoms with Gasteiger partial charge in [-0.3, -0.25) is 0 Å². The second-order valence-corrected chi connectivity index (χ2v) is 6.81. The van der Waals surface area contributed by atoms with E-state index in [4.69, 9.17) is 4.74 Å². The van der Waals surface area contributed by atoms with E-state index < -0.39 is 10.1 Å². The van der Waals surface area contributed by atoms with Gasteiger partial charge in [0.1, 0.15) is 21.6 Å². The molecule has 0 aliphatic heterocycles. The van der Waals surface area contributed by atoms with Crippen LogP contribution in [0.2, 0.25) is 0 Å². The first-order valence-electron chi connectivity index (χ1n) is 7.82. The number of para-hydroxylation sites is 1. The molecule has 0 heterocycles. The van der Waals surface area contributed by atoms with Gasteiger partial charge in [-0.05, 0) is 42.7 Å². The summed E-state index contributed by atoms with van der Waals surface area (Å²) in [5.41, 5.74) is 0.843. The molecule has 0 saturated carbocycles. The van der Waals surface area contributed by atoms with Crippen LogP contribution in [0.3, 0.4) is 0 Å². The van der Waals surface area contributed by atoms with Gasteiger partial charge in [-0.15, -0.1) is 0 Å². The second-order valence-electron chi connectivity index (χ2n) is 5.46. The topological polar surface area (TPSA) is 66.4 Å². The Morgan fingerprint density at radius 1 is 1.00 bits per heavy atom. The van der Waals surface area contributed by atoms with Crippen molar-refractivity contribution in [3.05, 3.63) is 54.1 Å². The zero-order valence-corrected chi connectivity index (χ0v) is 17.0. The van der Waals surface area contributed by atoms with Gasteiger partial charge in [-0.2, -0.15) is 0 Å². The number of unbranched alkanes of at least 4 members (excludes halogenated alkanes) is 3. The Bertz CT molecular complexity index is 730. The summed E-state index contributed by atoms with van der Waals surface area (Å²) in [6.45, 7) is 2.14. The van der Waals surface area contributed by atoms with E-state index in [0.29, 0.717) is 5.75 Å². The van der Waals surface area contributed by atoms with Gasteiger partial charge >= 0.3 is 29.6 Å². The Morgan fingerprint density at radius 2 is 1.71 bits per heavy atom. The minimum Gasteiger partial charge on any atom is -0.744 e. The normalized spacial score (nSPS) is 10.9. The predicted molar refractivity (Wildman–Crippen MR) is 88.8 cm³/mol. The summed E-state index contributed by atoms with van der Waals surface area (Å²) in [6, 6.07) is 13.6. The molecule has 0 amide bonds. The zero-order chi connectivity index (χ0) is 16.7. The van der Waals surface area contributed by atoms with Crippen molar-refractivity contribution in [2.45, 2.75) is 43.9 Å². The second kappa shape index (κ2) is 10.2. The summed E-state index contributed by atoms with van der Waals surface area (Å²) < 4.78 is 40.2. The molecule has 2 aromatic rings. The Kier molecular flexibility index (Phi) is 9.02. The molecular formula is C18H21NaO4S. The molecule has 2 rings (SSSR count). The first kappa shape index (κ1) is 21.2. The van der Waals surface area contributed by atoms with E-state index in [0.717, 1.165) is 37.7 Å². The quantitative estimate of drug-likeness (QED) is 0.409. The number of hydrogen-bond acceptors (Lipinski definition) is 4. The van der Waals surface area contributed by atoms with E-state index in [1.807, 2.05) is 12.1 Å². The van der Waals surface area contributed by atoms with Crippen LogP contribution in [0.1, 0.15) is 38.2 Å². The van der Waals surface area contributed by atoms with Crippen LogP contribution >= 0.6 is 0 Å². The van der Waals surface area contributed by atoms with Gasteiger partial charge in [-0.1, -0.05) is 50.5 Å². The standard InChI is InChI=1S/C18H22O4S.Na/c1-2-3-4-6-9-15-12-13-17(18(14-15)23(19,20)21)22-16-10-7-5-8-11-16;/h5,7-8,10-14H,2-4,6,9H2,1H3,(H,19,20,21);/q;+1/p-1. The van der Waals surface area contributed by atoms with Gasteiger partial charge in [0.05, 0.1) is 4.90 Å². The molecule has 0 unspecified atom stereocenters. The molecule has 4 nitrogen and oxygen atoms in total. The van der Waals surface area contributed by atoms with Crippen LogP contribution in [0, 0.1) is 0 Å². The molecule has 0 fully saturated rings. The van der Waals surface area contributed by atoms with Crippen molar-refractivity contribution in [2.24, 2.45) is 0 Å². The summed E-state index contributed by atoms with van der Waals surface area (Å²) in [5, 5.41) is 0. The maximum atomic E-state index is 11.5. The minimum absolute atomic E-state index is 0. The Morgan fingerprint density at radius 3 is 2.33 bits per heavy atom. The summed E-state index contributed by atoms with van der Waals surface area (Å²) >= 11 is 0. The van der Waals surface area contributed by atoms with Crippen molar-refractivity contribution in [1.82, 2.24) is 0 Å². The van der Waals surface area contributed by atoms with Crippen LogP contribution < -0.4 is 34.3 Å². The average Bonchev–Trinajstić information content (AvgIpc) is 2.53. The van der Waals surface area contributed by atoms with Crippen LogP contribution in [0.25, 0.3) is 0 Å². The van der Waals surface area contributed by atoms with Gasteiger partial charge in [0.25, 0.3) is 0 Å². The molecule has 24 heavy (non-hydrogen) atoms. The van der Waals surface area contributed by atoms with E-state index >= 15 is 0 Å². The van der Waals surface area contributed by atoms with Crippen molar-refractivity contribution in [1.29, 1.82) is 0 Å². The Hall–Kier alpha value is -0.850. The third-order valence-corrected chi connectivity index (χ3v) is 4.43. The van der Waals surface area contributed by atoms with E-state index in [2.05, 4.69) is 6.92 Å². The number of aryl methyl sites for hydroxylation is 1. The van der Waals surface area contributed by atoms with Crippen molar-refractivity contribution in [2.75, 3.05) is 0 Å². The Balaban J connectivity index is 0.00000288. The SMILES string of the molecule is CCCCCCc1ccc(Oc2ccccc2)c(S(=O)(=O)[O-])c1.[Na+]. The molecule has 0 aliphatic rings. The monoisotopic (exact) mass is 356 g/mol. The number of hydrogen-bond donors (Lipinski definition) is 0. The van der Waals surface area contributed by atoms with Gasteiger partial charge in [0.15, 0.2) is 0 Å². The maximum Gasteiger partial charge on any atom is 1.00 e. The molecule has 124 valence electrons. The van der Waals surface area contributed by atoms with Crippen LogP contribution in [-0.4, -0.2) is 13.0 Å². The van der Waals surface area contributed by atoms with Gasteiger partial charge in [0.2, 0.25) is 0 Å². The molecule has 0 atom stereocenters. The summed E-state index contributed by atoms with van der Waals surface area (Å²) in [4.78, 5) is -0.297. The summed E-state index contributed by atoms with van der Waals surface area (Å²) in [7, 11) is -4.59. The third kappa shape index (κ3) is 6.57. The van der Waals surface area contributed by atoms with Gasteiger partial charge in [-0.25, -0.2) is 8.42 Å². The number of benzene rings is 2. The molecule has 0 spiro atoms. The maximum absolute atomic E-state index is 11.5. The van der Waals surface area contributed by atoms with Crippen molar-refractivity contribution in [3.8, 4) is 11.5 Å². The third-order valence-electron chi connectivity index (χ3n) is 3.57. The molecule has 6 heteroatoms. The Labute approximate surface area is 166 Å². The fourth-order valence-corrected chi connectivity index (χ4v) is 3.01. The molecule has 0 saturated heterocycles. The molecule has 0 aliphatic carbocycles. The fourth-order valence-electron chi connectivity index (χ4n) is 2.36.